The zero-order valence-corrected chi connectivity index (χ0v) is 9.06. The van der Waals surface area contributed by atoms with E-state index in [1.807, 2.05) is 0 Å². The van der Waals surface area contributed by atoms with Crippen LogP contribution in [0.3, 0.4) is 0 Å². The quantitative estimate of drug-likeness (QED) is 0.371. The molecule has 4 heavy (non-hydrogen) atoms. The van der Waals surface area contributed by atoms with Crippen molar-refractivity contribution in [3.63, 3.8) is 0 Å². The Balaban J connectivity index is 0. The Bertz CT molecular complexity index is 6.00. The molecular formula is AuDySe2. The fourth-order valence-corrected chi connectivity index (χ4v) is 0. The van der Waals surface area contributed by atoms with Crippen molar-refractivity contribution in [2.24, 2.45) is 0 Å². The van der Waals surface area contributed by atoms with Gasteiger partial charge in [-0.2, -0.15) is 0 Å². The Labute approximate surface area is 92.7 Å². The minimum atomic E-state index is 0. The summed E-state index contributed by atoms with van der Waals surface area (Å²) in [5.74, 6) is 0. The first-order valence-electron chi connectivity index (χ1n) is 0. The summed E-state index contributed by atoms with van der Waals surface area (Å²) in [4.78, 5) is 0. The van der Waals surface area contributed by atoms with Crippen LogP contribution in [0.25, 0.3) is 0 Å². The number of hydrogen-bond donors (Lipinski definition) is 0. The van der Waals surface area contributed by atoms with Gasteiger partial charge in [-0.25, -0.2) is 0 Å². The van der Waals surface area contributed by atoms with Crippen molar-refractivity contribution in [2.45, 2.75) is 0 Å². The molecule has 0 bridgehead atoms. The molecule has 0 heterocycles. The van der Waals surface area contributed by atoms with Crippen LogP contribution >= 0.6 is 0 Å². The second-order valence-corrected chi connectivity index (χ2v) is 0. The molecule has 0 unspecified atom stereocenters. The zero-order valence-electron chi connectivity index (χ0n) is 1.43. The molecule has 5 radical (unpaired) electrons. The minimum absolute atomic E-state index is 0. The van der Waals surface area contributed by atoms with Crippen molar-refractivity contribution < 1.29 is 60.6 Å². The minimum Gasteiger partial charge on any atom is 0 e. The second-order valence-electron chi connectivity index (χ2n) is 0. The van der Waals surface area contributed by atoms with Crippen molar-refractivity contribution in [3.05, 3.63) is 0 Å². The molecule has 0 atom stereocenters. The van der Waals surface area contributed by atoms with E-state index >= 15 is 0 Å². The second kappa shape index (κ2) is 16.6. The predicted molar refractivity (Wildman–Crippen MR) is 11.5 cm³/mol. The maximum Gasteiger partial charge on any atom is 0 e. The van der Waals surface area contributed by atoms with Gasteiger partial charge in [-0.05, 0) is 0 Å². The fraction of sp³-hybridized carbons (Fsp3) is 0. The smallest absolute Gasteiger partial charge is 0 e. The third-order valence-corrected chi connectivity index (χ3v) is 0. The van der Waals surface area contributed by atoms with Gasteiger partial charge in [0.2, 0.25) is 0 Å². The van der Waals surface area contributed by atoms with Gasteiger partial charge >= 0.3 is 0 Å². The monoisotopic (exact) mass is 521 g/mol. The molecule has 0 aromatic rings. The SMILES string of the molecule is [Au].[Dy].[Se].[Se]. The van der Waals surface area contributed by atoms with E-state index in [2.05, 4.69) is 0 Å². The van der Waals surface area contributed by atoms with E-state index in [-0.39, 0.29) is 94.7 Å². The molecule has 0 fully saturated rings. The van der Waals surface area contributed by atoms with E-state index in [0.717, 1.165) is 0 Å². The molecule has 0 N–H and O–H groups in total. The first-order chi connectivity index (χ1) is 0. The van der Waals surface area contributed by atoms with Gasteiger partial charge in [0.1, 0.15) is 0 Å². The molecule has 0 aliphatic rings. The molecule has 0 nitrogen and oxygen atoms in total. The van der Waals surface area contributed by atoms with Crippen LogP contribution in [0.5, 0.6) is 0 Å². The molecular weight excluding hydrogens is 517 g/mol. The van der Waals surface area contributed by atoms with Gasteiger partial charge in [0, 0.05) is 94.7 Å². The summed E-state index contributed by atoms with van der Waals surface area (Å²) >= 11 is 0. The van der Waals surface area contributed by atoms with E-state index in [4.69, 9.17) is 0 Å². The van der Waals surface area contributed by atoms with Gasteiger partial charge in [-0.1, -0.05) is 0 Å². The van der Waals surface area contributed by atoms with Crippen LogP contribution < -0.4 is 0 Å². The van der Waals surface area contributed by atoms with Crippen LogP contribution in [0, 0.1) is 38.2 Å². The van der Waals surface area contributed by atoms with Crippen LogP contribution in [-0.2, 0) is 22.4 Å². The zero-order chi connectivity index (χ0) is 0. The van der Waals surface area contributed by atoms with E-state index < -0.39 is 0 Å². The van der Waals surface area contributed by atoms with E-state index in [0.29, 0.717) is 0 Å². The van der Waals surface area contributed by atoms with Crippen molar-refractivity contribution in [3.8, 4) is 0 Å². The average Bonchev–Trinajstić information content (AvgIpc) is 0. The molecule has 0 spiro atoms. The number of hydrogen-bond acceptors (Lipinski definition) is 0. The molecule has 4 heteroatoms. The van der Waals surface area contributed by atoms with Crippen molar-refractivity contribution in [1.29, 1.82) is 0 Å². The Morgan fingerprint density at radius 1 is 0.750 bits per heavy atom. The largest absolute Gasteiger partial charge is 0 e. The summed E-state index contributed by atoms with van der Waals surface area (Å²) in [6.07, 6.45) is 0. The molecule has 0 rings (SSSR count). The van der Waals surface area contributed by atoms with Crippen LogP contribution in [0.4, 0.5) is 0 Å². The molecule has 0 saturated heterocycles. The van der Waals surface area contributed by atoms with Gasteiger partial charge in [0.15, 0.2) is 0 Å². The molecule has 0 aliphatic carbocycles. The summed E-state index contributed by atoms with van der Waals surface area (Å²) in [7, 11) is 0. The van der Waals surface area contributed by atoms with Gasteiger partial charge in [-0.3, -0.25) is 0 Å². The summed E-state index contributed by atoms with van der Waals surface area (Å²) in [6.45, 7) is 0. The molecule has 33 valence electrons. The average molecular weight is 517 g/mol. The van der Waals surface area contributed by atoms with Crippen LogP contribution in [-0.4, -0.2) is 34.1 Å². The van der Waals surface area contributed by atoms with Crippen LogP contribution in [0.2, 0.25) is 0 Å². The van der Waals surface area contributed by atoms with Crippen LogP contribution in [0.15, 0.2) is 0 Å². The molecule has 0 aliphatic heterocycles. The Morgan fingerprint density at radius 3 is 0.750 bits per heavy atom. The molecule has 0 amide bonds. The van der Waals surface area contributed by atoms with Gasteiger partial charge in [0.05, 0.1) is 0 Å². The van der Waals surface area contributed by atoms with E-state index in [1.165, 1.54) is 0 Å². The molecule has 0 saturated carbocycles. The topological polar surface area (TPSA) is 0 Å². The van der Waals surface area contributed by atoms with Crippen molar-refractivity contribution in [1.82, 2.24) is 0 Å². The Hall–Kier alpha value is 3.05. The summed E-state index contributed by atoms with van der Waals surface area (Å²) in [5, 5.41) is 0. The Morgan fingerprint density at radius 2 is 0.750 bits per heavy atom. The summed E-state index contributed by atoms with van der Waals surface area (Å²) < 4.78 is 0. The first kappa shape index (κ1) is 27.7. The summed E-state index contributed by atoms with van der Waals surface area (Å²) in [5.41, 5.74) is 0. The predicted octanol–water partition coefficient (Wildman–Crippen LogP) is -0.764. The van der Waals surface area contributed by atoms with Crippen LogP contribution in [0.1, 0.15) is 0 Å². The molecule has 0 aromatic carbocycles. The first-order valence-corrected chi connectivity index (χ1v) is 0. The maximum absolute atomic E-state index is 0. The molecule has 0 aromatic heterocycles. The van der Waals surface area contributed by atoms with Gasteiger partial charge in [0.25, 0.3) is 0 Å². The maximum atomic E-state index is 0. The van der Waals surface area contributed by atoms with Gasteiger partial charge < -0.3 is 0 Å². The van der Waals surface area contributed by atoms with Gasteiger partial charge in [-0.15, -0.1) is 0 Å². The normalized spacial score (nSPS) is 0. The fourth-order valence-electron chi connectivity index (χ4n) is 0. The van der Waals surface area contributed by atoms with E-state index in [1.54, 1.807) is 0 Å². The third-order valence-electron chi connectivity index (χ3n) is 0. The van der Waals surface area contributed by atoms with Crippen molar-refractivity contribution in [2.75, 3.05) is 0 Å². The van der Waals surface area contributed by atoms with Crippen molar-refractivity contribution >= 4 is 34.1 Å². The third kappa shape index (κ3) is 8.90. The summed E-state index contributed by atoms with van der Waals surface area (Å²) in [6, 6.07) is 0. The Kier molecular flexibility index (Phi) is 115. The standard InChI is InChI=1S/Au.Dy.2Se. The van der Waals surface area contributed by atoms with E-state index in [9.17, 15) is 0 Å². The number of rotatable bonds is 0.